The van der Waals surface area contributed by atoms with Gasteiger partial charge in [0.2, 0.25) is 5.91 Å². The molecule has 0 aliphatic carbocycles. The first kappa shape index (κ1) is 12.8. The van der Waals surface area contributed by atoms with E-state index >= 15 is 0 Å². The van der Waals surface area contributed by atoms with Crippen LogP contribution < -0.4 is 9.64 Å². The Bertz CT molecular complexity index is 630. The van der Waals surface area contributed by atoms with Crippen LogP contribution in [0.5, 0.6) is 5.75 Å². The van der Waals surface area contributed by atoms with Crippen molar-refractivity contribution in [2.45, 2.75) is 13.0 Å². The zero-order valence-electron chi connectivity index (χ0n) is 11.9. The van der Waals surface area contributed by atoms with E-state index in [0.29, 0.717) is 0 Å². The van der Waals surface area contributed by atoms with Gasteiger partial charge < -0.3 is 14.2 Å². The Balaban J connectivity index is 1.94. The molecule has 1 aliphatic rings. The molecule has 4 nitrogen and oxygen atoms in total. The Kier molecular flexibility index (Phi) is 3.01. The largest absolute Gasteiger partial charge is 0.497 e. The summed E-state index contributed by atoms with van der Waals surface area (Å²) in [6.07, 6.45) is 2.01. The van der Waals surface area contributed by atoms with Crippen molar-refractivity contribution >= 4 is 11.6 Å². The number of amides is 1. The summed E-state index contributed by atoms with van der Waals surface area (Å²) in [6, 6.07) is 11.8. The van der Waals surface area contributed by atoms with Gasteiger partial charge in [-0.05, 0) is 36.4 Å². The number of nitrogens with zero attached hydrogens (tertiary/aromatic N) is 2. The van der Waals surface area contributed by atoms with Crippen molar-refractivity contribution in [2.75, 3.05) is 12.0 Å². The Morgan fingerprint density at radius 2 is 1.85 bits per heavy atom. The van der Waals surface area contributed by atoms with Gasteiger partial charge in [-0.3, -0.25) is 4.79 Å². The number of aryl methyl sites for hydroxylation is 1. The maximum Gasteiger partial charge on any atom is 0.232 e. The Hall–Kier alpha value is -2.23. The standard InChI is InChI=1S/C16H18N2O2/c1-11-15(14-5-4-10-17(14)2)18(16(11)19)12-6-8-13(20-3)9-7-12/h4-11,15H,1-3H3. The van der Waals surface area contributed by atoms with Gasteiger partial charge in [0.1, 0.15) is 5.75 Å². The van der Waals surface area contributed by atoms with Gasteiger partial charge in [0.15, 0.2) is 0 Å². The highest BCUT2D eigenvalue weighted by Gasteiger charge is 2.46. The lowest BCUT2D eigenvalue weighted by Crippen LogP contribution is -2.54. The molecule has 0 bridgehead atoms. The van der Waals surface area contributed by atoms with Crippen molar-refractivity contribution in [2.24, 2.45) is 13.0 Å². The molecule has 1 saturated heterocycles. The molecule has 0 N–H and O–H groups in total. The molecule has 1 aromatic heterocycles. The van der Waals surface area contributed by atoms with Gasteiger partial charge in [-0.25, -0.2) is 0 Å². The predicted molar refractivity (Wildman–Crippen MR) is 77.8 cm³/mol. The molecule has 4 heteroatoms. The Morgan fingerprint density at radius 3 is 2.40 bits per heavy atom. The first-order valence-electron chi connectivity index (χ1n) is 6.72. The van der Waals surface area contributed by atoms with Crippen LogP contribution >= 0.6 is 0 Å². The van der Waals surface area contributed by atoms with E-state index in [1.807, 2.05) is 55.4 Å². The second-order valence-corrected chi connectivity index (χ2v) is 5.18. The summed E-state index contributed by atoms with van der Waals surface area (Å²) in [5.41, 5.74) is 2.08. The number of carbonyl (C=O) groups is 1. The van der Waals surface area contributed by atoms with Crippen LogP contribution in [0.3, 0.4) is 0 Å². The summed E-state index contributed by atoms with van der Waals surface area (Å²) < 4.78 is 7.23. The molecule has 2 unspecified atom stereocenters. The molecule has 2 atom stereocenters. The highest BCUT2D eigenvalue weighted by Crippen LogP contribution is 2.43. The second-order valence-electron chi connectivity index (χ2n) is 5.18. The van der Waals surface area contributed by atoms with E-state index in [-0.39, 0.29) is 17.9 Å². The molecule has 1 amide bonds. The van der Waals surface area contributed by atoms with Crippen molar-refractivity contribution in [3.05, 3.63) is 48.3 Å². The highest BCUT2D eigenvalue weighted by molar-refractivity contribution is 6.02. The number of benzene rings is 1. The Morgan fingerprint density at radius 1 is 1.15 bits per heavy atom. The van der Waals surface area contributed by atoms with Crippen molar-refractivity contribution in [1.29, 1.82) is 0 Å². The number of anilines is 1. The molecule has 104 valence electrons. The smallest absolute Gasteiger partial charge is 0.232 e. The summed E-state index contributed by atoms with van der Waals surface area (Å²) in [5, 5.41) is 0. The number of methoxy groups -OCH3 is 1. The molecule has 0 radical (unpaired) electrons. The van der Waals surface area contributed by atoms with E-state index in [2.05, 4.69) is 10.6 Å². The predicted octanol–water partition coefficient (Wildman–Crippen LogP) is 2.76. The van der Waals surface area contributed by atoms with Crippen LogP contribution in [0.4, 0.5) is 5.69 Å². The van der Waals surface area contributed by atoms with Gasteiger partial charge >= 0.3 is 0 Å². The number of hydrogen-bond donors (Lipinski definition) is 0. The summed E-state index contributed by atoms with van der Waals surface area (Å²) in [4.78, 5) is 14.1. The molecule has 1 aromatic carbocycles. The first-order valence-corrected chi connectivity index (χ1v) is 6.72. The first-order chi connectivity index (χ1) is 9.63. The quantitative estimate of drug-likeness (QED) is 0.804. The van der Waals surface area contributed by atoms with Crippen LogP contribution in [-0.2, 0) is 11.8 Å². The molecule has 3 rings (SSSR count). The molecular weight excluding hydrogens is 252 g/mol. The van der Waals surface area contributed by atoms with Gasteiger partial charge in [0.05, 0.1) is 19.1 Å². The second kappa shape index (κ2) is 4.71. The van der Waals surface area contributed by atoms with Crippen LogP contribution in [0.1, 0.15) is 18.7 Å². The van der Waals surface area contributed by atoms with Gasteiger partial charge in [-0.1, -0.05) is 6.92 Å². The van der Waals surface area contributed by atoms with Crippen LogP contribution in [0, 0.1) is 5.92 Å². The monoisotopic (exact) mass is 270 g/mol. The molecule has 0 spiro atoms. The number of β-lactam (4-membered cyclic amide) rings is 1. The minimum absolute atomic E-state index is 0.0192. The van der Waals surface area contributed by atoms with Gasteiger partial charge in [0, 0.05) is 24.6 Å². The van der Waals surface area contributed by atoms with Gasteiger partial charge in [-0.2, -0.15) is 0 Å². The lowest BCUT2D eigenvalue weighted by Gasteiger charge is -2.46. The van der Waals surface area contributed by atoms with E-state index in [0.717, 1.165) is 17.1 Å². The average Bonchev–Trinajstić information content (AvgIpc) is 2.89. The number of aromatic nitrogens is 1. The van der Waals surface area contributed by atoms with Crippen LogP contribution in [0.2, 0.25) is 0 Å². The summed E-state index contributed by atoms with van der Waals surface area (Å²) in [5.74, 6) is 0.984. The molecule has 20 heavy (non-hydrogen) atoms. The minimum Gasteiger partial charge on any atom is -0.497 e. The molecule has 1 fully saturated rings. The van der Waals surface area contributed by atoms with Crippen molar-refractivity contribution < 1.29 is 9.53 Å². The van der Waals surface area contributed by atoms with E-state index in [9.17, 15) is 4.79 Å². The zero-order chi connectivity index (χ0) is 14.3. The fourth-order valence-electron chi connectivity index (χ4n) is 2.83. The fourth-order valence-corrected chi connectivity index (χ4v) is 2.83. The Labute approximate surface area is 118 Å². The normalized spacial score (nSPS) is 21.8. The van der Waals surface area contributed by atoms with E-state index in [4.69, 9.17) is 4.74 Å². The number of hydrogen-bond acceptors (Lipinski definition) is 2. The molecule has 0 saturated carbocycles. The minimum atomic E-state index is 0.0192. The van der Waals surface area contributed by atoms with Crippen molar-refractivity contribution in [3.63, 3.8) is 0 Å². The number of ether oxygens (including phenoxy) is 1. The third-order valence-electron chi connectivity index (χ3n) is 4.02. The number of rotatable bonds is 3. The lowest BCUT2D eigenvalue weighted by atomic mass is 9.86. The molecule has 2 heterocycles. The zero-order valence-corrected chi connectivity index (χ0v) is 11.9. The van der Waals surface area contributed by atoms with Crippen LogP contribution in [-0.4, -0.2) is 17.6 Å². The summed E-state index contributed by atoms with van der Waals surface area (Å²) in [7, 11) is 3.65. The lowest BCUT2D eigenvalue weighted by molar-refractivity contribution is -0.129. The molecular formula is C16H18N2O2. The summed E-state index contributed by atoms with van der Waals surface area (Å²) in [6.45, 7) is 1.99. The van der Waals surface area contributed by atoms with E-state index in [1.54, 1.807) is 7.11 Å². The van der Waals surface area contributed by atoms with E-state index in [1.165, 1.54) is 0 Å². The SMILES string of the molecule is COc1ccc(N2C(=O)C(C)C2c2cccn2C)cc1. The third kappa shape index (κ3) is 1.80. The maximum absolute atomic E-state index is 12.2. The topological polar surface area (TPSA) is 34.5 Å². The third-order valence-corrected chi connectivity index (χ3v) is 4.02. The van der Waals surface area contributed by atoms with Crippen LogP contribution in [0.15, 0.2) is 42.6 Å². The maximum atomic E-state index is 12.2. The molecule has 2 aromatic rings. The average molecular weight is 270 g/mol. The van der Waals surface area contributed by atoms with Gasteiger partial charge in [-0.15, -0.1) is 0 Å². The van der Waals surface area contributed by atoms with Crippen LogP contribution in [0.25, 0.3) is 0 Å². The van der Waals surface area contributed by atoms with Crippen molar-refractivity contribution in [3.8, 4) is 5.75 Å². The summed E-state index contributed by atoms with van der Waals surface area (Å²) >= 11 is 0. The van der Waals surface area contributed by atoms with Gasteiger partial charge in [0.25, 0.3) is 0 Å². The highest BCUT2D eigenvalue weighted by atomic mass is 16.5. The fraction of sp³-hybridized carbons (Fsp3) is 0.312. The molecule has 1 aliphatic heterocycles. The van der Waals surface area contributed by atoms with E-state index < -0.39 is 0 Å². The number of carbonyl (C=O) groups excluding carboxylic acids is 1. The van der Waals surface area contributed by atoms with Crippen molar-refractivity contribution in [1.82, 2.24) is 4.57 Å².